The van der Waals surface area contributed by atoms with E-state index in [0.717, 1.165) is 29.7 Å². The minimum absolute atomic E-state index is 0.388. The van der Waals surface area contributed by atoms with Crippen LogP contribution in [0.3, 0.4) is 0 Å². The Morgan fingerprint density at radius 1 is 0.774 bits per heavy atom. The topological polar surface area (TPSA) is 0 Å². The van der Waals surface area contributed by atoms with Crippen molar-refractivity contribution >= 4 is 10.8 Å². The Balaban J connectivity index is 1.41. The van der Waals surface area contributed by atoms with Crippen LogP contribution in [0.2, 0.25) is 0 Å². The Labute approximate surface area is 185 Å². The normalized spacial score (nSPS) is 19.1. The maximum Gasteiger partial charge on any atom is 0.166 e. The molecule has 1 saturated carbocycles. The van der Waals surface area contributed by atoms with Crippen LogP contribution >= 0.6 is 0 Å². The van der Waals surface area contributed by atoms with Gasteiger partial charge in [0.2, 0.25) is 0 Å². The second-order valence-corrected chi connectivity index (χ2v) is 9.32. The van der Waals surface area contributed by atoms with E-state index in [0.29, 0.717) is 23.3 Å². The van der Waals surface area contributed by atoms with Gasteiger partial charge in [0.05, 0.1) is 0 Å². The Morgan fingerprint density at radius 3 is 2.16 bits per heavy atom. The van der Waals surface area contributed by atoms with Crippen molar-refractivity contribution in [1.82, 2.24) is 0 Å². The van der Waals surface area contributed by atoms with Gasteiger partial charge >= 0.3 is 0 Å². The van der Waals surface area contributed by atoms with E-state index in [1.54, 1.807) is 6.07 Å². The van der Waals surface area contributed by atoms with Crippen molar-refractivity contribution in [3.63, 3.8) is 0 Å². The Kier molecular flexibility index (Phi) is 7.05. The Bertz CT molecular complexity index is 1010. The molecule has 3 aromatic carbocycles. The summed E-state index contributed by atoms with van der Waals surface area (Å²) in [7, 11) is 0. The van der Waals surface area contributed by atoms with Gasteiger partial charge in [-0.2, -0.15) is 0 Å². The van der Waals surface area contributed by atoms with Gasteiger partial charge in [-0.3, -0.25) is 0 Å². The fraction of sp³-hybridized carbons (Fsp3) is 0.448. The lowest BCUT2D eigenvalue weighted by Crippen LogP contribution is -2.13. The third-order valence-corrected chi connectivity index (χ3v) is 7.24. The third kappa shape index (κ3) is 5.00. The van der Waals surface area contributed by atoms with Crippen LogP contribution in [0.4, 0.5) is 8.78 Å². The number of hydrogen-bond donors (Lipinski definition) is 0. The van der Waals surface area contributed by atoms with Crippen LogP contribution in [-0.2, 0) is 19.3 Å². The van der Waals surface area contributed by atoms with Crippen LogP contribution in [0.25, 0.3) is 10.8 Å². The molecule has 1 aliphatic rings. The summed E-state index contributed by atoms with van der Waals surface area (Å²) < 4.78 is 29.3. The first-order valence-corrected chi connectivity index (χ1v) is 12.1. The van der Waals surface area contributed by atoms with Gasteiger partial charge < -0.3 is 0 Å². The van der Waals surface area contributed by atoms with Gasteiger partial charge in [-0.05, 0) is 96.6 Å². The van der Waals surface area contributed by atoms with E-state index in [1.165, 1.54) is 49.7 Å². The molecule has 0 nitrogen and oxygen atoms in total. The van der Waals surface area contributed by atoms with Crippen LogP contribution in [0, 0.1) is 17.6 Å². The van der Waals surface area contributed by atoms with Crippen molar-refractivity contribution in [2.75, 3.05) is 0 Å². The van der Waals surface area contributed by atoms with Crippen molar-refractivity contribution in [3.8, 4) is 0 Å². The highest BCUT2D eigenvalue weighted by Gasteiger charge is 2.21. The highest BCUT2D eigenvalue weighted by molar-refractivity contribution is 5.84. The highest BCUT2D eigenvalue weighted by atomic mass is 19.2. The fourth-order valence-electron chi connectivity index (χ4n) is 5.26. The van der Waals surface area contributed by atoms with Gasteiger partial charge in [0.1, 0.15) is 0 Å². The third-order valence-electron chi connectivity index (χ3n) is 7.24. The predicted molar refractivity (Wildman–Crippen MR) is 127 cm³/mol. The summed E-state index contributed by atoms with van der Waals surface area (Å²) in [5, 5.41) is 1.17. The molecule has 0 heterocycles. The van der Waals surface area contributed by atoms with Crippen LogP contribution in [0.1, 0.15) is 80.5 Å². The van der Waals surface area contributed by atoms with E-state index in [4.69, 9.17) is 0 Å². The molecule has 1 fully saturated rings. The number of hydrogen-bond acceptors (Lipinski definition) is 0. The van der Waals surface area contributed by atoms with Gasteiger partial charge in [-0.1, -0.05) is 63.1 Å². The standard InChI is InChI=1S/C29H34F2/c1-3-5-21-7-12-23(13-8-21)24-14-9-22(10-15-24)11-17-26-19-25-16-6-20(4-2)18-27(25)29(31)28(26)30/h6,9-10,14-16,18-19,21,23H,3-5,7-8,11-13,17H2,1-2H3. The summed E-state index contributed by atoms with van der Waals surface area (Å²) >= 11 is 0. The van der Waals surface area contributed by atoms with Crippen molar-refractivity contribution in [2.45, 2.75) is 77.6 Å². The molecule has 0 N–H and O–H groups in total. The maximum absolute atomic E-state index is 14.7. The molecule has 4 rings (SSSR count). The molecular formula is C29H34F2. The van der Waals surface area contributed by atoms with Gasteiger partial charge in [-0.25, -0.2) is 8.78 Å². The molecule has 0 spiro atoms. The summed E-state index contributed by atoms with van der Waals surface area (Å²) in [6, 6.07) is 16.4. The molecule has 0 unspecified atom stereocenters. The summed E-state index contributed by atoms with van der Waals surface area (Å²) in [5.74, 6) is 0.201. The average molecular weight is 421 g/mol. The van der Waals surface area contributed by atoms with Crippen molar-refractivity contribution in [2.24, 2.45) is 5.92 Å². The minimum Gasteiger partial charge on any atom is -0.203 e. The lowest BCUT2D eigenvalue weighted by molar-refractivity contribution is 0.308. The fourth-order valence-corrected chi connectivity index (χ4v) is 5.26. The lowest BCUT2D eigenvalue weighted by Gasteiger charge is -2.28. The van der Waals surface area contributed by atoms with E-state index in [2.05, 4.69) is 31.2 Å². The van der Waals surface area contributed by atoms with Crippen LogP contribution < -0.4 is 0 Å². The lowest BCUT2D eigenvalue weighted by atomic mass is 9.77. The zero-order chi connectivity index (χ0) is 21.8. The maximum atomic E-state index is 14.7. The van der Waals surface area contributed by atoms with E-state index < -0.39 is 11.6 Å². The van der Waals surface area contributed by atoms with Crippen LogP contribution in [-0.4, -0.2) is 0 Å². The second kappa shape index (κ2) is 9.94. The molecule has 2 heteroatoms. The molecule has 1 aliphatic carbocycles. The monoisotopic (exact) mass is 420 g/mol. The first-order valence-electron chi connectivity index (χ1n) is 12.1. The van der Waals surface area contributed by atoms with Crippen LogP contribution in [0.15, 0.2) is 48.5 Å². The van der Waals surface area contributed by atoms with E-state index >= 15 is 0 Å². The number of fused-ring (bicyclic) bond motifs is 1. The number of rotatable bonds is 7. The van der Waals surface area contributed by atoms with Crippen molar-refractivity contribution in [1.29, 1.82) is 0 Å². The van der Waals surface area contributed by atoms with Gasteiger partial charge in [0.25, 0.3) is 0 Å². The van der Waals surface area contributed by atoms with Crippen molar-refractivity contribution < 1.29 is 8.78 Å². The zero-order valence-electron chi connectivity index (χ0n) is 18.9. The number of aryl methyl sites for hydroxylation is 3. The summed E-state index contributed by atoms with van der Waals surface area (Å²) in [6.45, 7) is 4.30. The van der Waals surface area contributed by atoms with Crippen LogP contribution in [0.5, 0.6) is 0 Å². The van der Waals surface area contributed by atoms with E-state index in [-0.39, 0.29) is 0 Å². The Morgan fingerprint density at radius 2 is 1.48 bits per heavy atom. The quantitative estimate of drug-likeness (QED) is 0.359. The summed E-state index contributed by atoms with van der Waals surface area (Å²) in [5.41, 5.74) is 4.11. The molecule has 164 valence electrons. The predicted octanol–water partition coefficient (Wildman–Crippen LogP) is 8.54. The molecule has 0 atom stereocenters. The zero-order valence-corrected chi connectivity index (χ0v) is 18.9. The Hall–Kier alpha value is -2.22. The van der Waals surface area contributed by atoms with Gasteiger partial charge in [-0.15, -0.1) is 0 Å². The second-order valence-electron chi connectivity index (χ2n) is 9.32. The molecule has 0 bridgehead atoms. The molecule has 0 aliphatic heterocycles. The highest BCUT2D eigenvalue weighted by Crippen LogP contribution is 2.37. The first kappa shape index (κ1) is 22.0. The molecule has 31 heavy (non-hydrogen) atoms. The largest absolute Gasteiger partial charge is 0.203 e. The summed E-state index contributed by atoms with van der Waals surface area (Å²) in [4.78, 5) is 0. The molecular weight excluding hydrogens is 386 g/mol. The van der Waals surface area contributed by atoms with Gasteiger partial charge in [0, 0.05) is 5.39 Å². The minimum atomic E-state index is -0.711. The van der Waals surface area contributed by atoms with Crippen molar-refractivity contribution in [3.05, 3.63) is 82.4 Å². The smallest absolute Gasteiger partial charge is 0.166 e. The first-order chi connectivity index (χ1) is 15.1. The molecule has 0 radical (unpaired) electrons. The average Bonchev–Trinajstić information content (AvgIpc) is 2.81. The van der Waals surface area contributed by atoms with Gasteiger partial charge in [0.15, 0.2) is 11.6 Å². The number of benzene rings is 3. The molecule has 3 aromatic rings. The molecule has 0 amide bonds. The number of halogens is 2. The molecule has 0 saturated heterocycles. The van der Waals surface area contributed by atoms with E-state index in [9.17, 15) is 8.78 Å². The molecule has 0 aromatic heterocycles. The summed E-state index contributed by atoms with van der Waals surface area (Å²) in [6.07, 6.45) is 10.0. The van der Waals surface area contributed by atoms with E-state index in [1.807, 2.05) is 25.1 Å². The SMILES string of the molecule is CCCC1CCC(c2ccc(CCc3cc4ccc(CC)cc4c(F)c3F)cc2)CC1.